The number of carbonyl (C=O) groups is 7. The van der Waals surface area contributed by atoms with Crippen molar-refractivity contribution < 1.29 is 127 Å². The van der Waals surface area contributed by atoms with Crippen molar-refractivity contribution in [2.45, 2.75) is 196 Å². The molecule has 7 rings (SSSR count). The van der Waals surface area contributed by atoms with Crippen LogP contribution in [-0.2, 0) is 115 Å². The van der Waals surface area contributed by atoms with Gasteiger partial charge in [0.25, 0.3) is 0 Å². The third kappa shape index (κ3) is 70.7. The van der Waals surface area contributed by atoms with E-state index in [-0.39, 0.29) is 82.6 Å². The number of amides is 5. The van der Waals surface area contributed by atoms with Crippen molar-refractivity contribution in [3.8, 4) is 6.07 Å². The number of alkyl carbamates (subject to hydrolysis) is 4. The number of methoxy groups -OCH3 is 2. The van der Waals surface area contributed by atoms with Gasteiger partial charge in [-0.1, -0.05) is 156 Å². The van der Waals surface area contributed by atoms with E-state index in [1.54, 1.807) is 151 Å². The SMILES string of the molecule is C.C1CCOC1.CC(C)(C)OC(=O)NC(=NCCc1cccc(CO)c1)NC(=O)OC(C)(C)C.CC(C)(C)OC(=O)NC(=NCCc1cccc(COP(C)(C)=O)c1)NC(=O)OC(C)(C)C.COC(=O)c1cccc(CBr)c1.COC(=O)c1cccc(CC#N)c1.NC(N)=[NH+]CCc1cccc(COP(=O)(O)O)c1.NCCc1cccc(CO)c1.[B]C(=O)NC(=NB(C)O)SC.[Cl-]. The zero-order valence-electron chi connectivity index (χ0n) is 77.9. The second-order valence-electron chi connectivity index (χ2n) is 32.0. The fourth-order valence-electron chi connectivity index (χ4n) is 9.68. The van der Waals surface area contributed by atoms with E-state index in [1.807, 2.05) is 103 Å². The van der Waals surface area contributed by atoms with Crippen LogP contribution in [0.15, 0.2) is 160 Å². The van der Waals surface area contributed by atoms with Crippen LogP contribution in [-0.4, -0.2) is 201 Å². The summed E-state index contributed by atoms with van der Waals surface area (Å²) in [6.07, 6.45) is 4.32. The van der Waals surface area contributed by atoms with Crippen LogP contribution in [0.5, 0.6) is 0 Å². The highest BCUT2D eigenvalue weighted by Crippen LogP contribution is 2.39. The van der Waals surface area contributed by atoms with E-state index in [4.69, 9.17) is 78.4 Å². The van der Waals surface area contributed by atoms with Crippen LogP contribution in [0.3, 0.4) is 0 Å². The first-order valence-electron chi connectivity index (χ1n) is 40.8. The number of carbonyl (C=O) groups excluding carboxylic acids is 7. The number of phosphoric acid groups is 1. The molecule has 1 aliphatic heterocycles. The molecule has 730 valence electrons. The number of esters is 2. The molecule has 6 aromatic carbocycles. The Hall–Kier alpha value is -10.1. The highest BCUT2D eigenvalue weighted by atomic mass is 79.9. The predicted molar refractivity (Wildman–Crippen MR) is 517 cm³/mol. The lowest BCUT2D eigenvalue weighted by Gasteiger charge is -2.22. The first-order chi connectivity index (χ1) is 60.7. The number of hydrogen-bond acceptors (Lipinski definition) is 27. The maximum atomic E-state index is 12.1. The molecule has 0 unspecified atom stereocenters. The Morgan fingerprint density at radius 2 is 0.902 bits per heavy atom. The maximum Gasteiger partial charge on any atom is 0.469 e. The number of aliphatic hydroxyl groups is 2. The van der Waals surface area contributed by atoms with Crippen LogP contribution in [0.1, 0.15) is 180 Å². The lowest BCUT2D eigenvalue weighted by Crippen LogP contribution is -3.00. The van der Waals surface area contributed by atoms with Gasteiger partial charge in [0, 0.05) is 51.4 Å². The third-order valence-corrected chi connectivity index (χ3v) is 17.4. The van der Waals surface area contributed by atoms with Crippen molar-refractivity contribution in [3.05, 3.63) is 212 Å². The summed E-state index contributed by atoms with van der Waals surface area (Å²) < 4.78 is 67.0. The second-order valence-corrected chi connectivity index (χ2v) is 37.3. The molecule has 132 heavy (non-hydrogen) atoms. The molecule has 0 spiro atoms. The van der Waals surface area contributed by atoms with E-state index in [2.05, 4.69) is 76.4 Å². The minimum Gasteiger partial charge on any atom is -1.00 e. The fourth-order valence-corrected chi connectivity index (χ4v) is 11.3. The summed E-state index contributed by atoms with van der Waals surface area (Å²) in [5.41, 5.74) is 23.6. The molecular weight excluding hydrogens is 1850 g/mol. The lowest BCUT2D eigenvalue weighted by atomic mass is 9.91. The zero-order chi connectivity index (χ0) is 98.7. The average Bonchev–Trinajstić information content (AvgIpc) is 1.06. The Labute approximate surface area is 797 Å². The van der Waals surface area contributed by atoms with E-state index >= 15 is 0 Å². The van der Waals surface area contributed by atoms with Gasteiger partial charge in [-0.2, -0.15) is 5.26 Å². The Balaban J connectivity index is -0.00000151. The number of nitrogens with zero attached hydrogens (tertiary/aromatic N) is 4. The quantitative estimate of drug-likeness (QED) is 0.00512. The van der Waals surface area contributed by atoms with Gasteiger partial charge in [0.1, 0.15) is 22.4 Å². The molecule has 1 saturated heterocycles. The average molecular weight is 1990 g/mol. The number of phosphoric ester groups is 1. The van der Waals surface area contributed by atoms with E-state index in [0.717, 1.165) is 69.5 Å². The Morgan fingerprint density at radius 1 is 0.561 bits per heavy atom. The van der Waals surface area contributed by atoms with Crippen molar-refractivity contribution in [2.75, 3.05) is 73.2 Å². The number of halogens is 2. The maximum absolute atomic E-state index is 12.1. The largest absolute Gasteiger partial charge is 1.00 e. The van der Waals surface area contributed by atoms with Crippen molar-refractivity contribution >= 4 is 123 Å². The van der Waals surface area contributed by atoms with E-state index in [1.165, 1.54) is 51.2 Å². The van der Waals surface area contributed by atoms with Crippen LogP contribution < -0.4 is 61.2 Å². The molecule has 0 aromatic heterocycles. The number of ether oxygens (including phenoxy) is 7. The number of aliphatic hydroxyl groups excluding tert-OH is 2. The van der Waals surface area contributed by atoms with E-state index < -0.39 is 74.8 Å². The second kappa shape index (κ2) is 68.0. The molecular formula is C89H135B2BrClN13O23P2S. The standard InChI is InChI=1S/C22H36N3O6P.C20H31N3O5.C10H16N3O4P.C10H9NO2.C9H9BrO2.C9H13NO.C4H8B2N2O2S.C4H8O.CH4.ClH/c1-21(2,3)30-19(26)24-18(25-20(27)31-22(4,5)6)23-13-12-16-10-9-11-17(14-16)15-29-32(7,8)28;1-19(2,3)27-17(25)22-16(23-18(26)28-20(4,5)6)21-11-10-14-8-7-9-15(12-14)13-24;11-10(12)13-5-4-8-2-1-3-9(6-8)7-17-18(14,15)16;1-13-10(12)9-4-2-3-8(7-9)5-6-11;1-12-9(11)8-4-2-3-7(5-8)6-10;10-5-4-8-2-1-3-9(6-8)7-11;1-6(10)8-4(11-2)7-3(5)9;1-2-4-5-3-1;;/h9-11,14H,12-13,15H2,1-8H3,(H2,23,24,25,26,27);7-9,12,24H,10-11,13H2,1-6H3,(H2,21,22,23,25,26);1-3,6H,4-5,7H2,(H4,11,12,13)(H2,14,15,16);2-4,7H,5H2,1H3;2-5H,6H2,1H3;1-3,6,11H,4-5,7,10H2;10H,1-2H3,(H,7,8,9);1-4H2;1H4;1H. The van der Waals surface area contributed by atoms with Crippen molar-refractivity contribution in [1.29, 1.82) is 5.26 Å². The normalized spacial score (nSPS) is 11.3. The number of nitrogens with one attached hydrogen (secondary N) is 6. The van der Waals surface area contributed by atoms with Gasteiger partial charge in [0.05, 0.1) is 70.8 Å². The van der Waals surface area contributed by atoms with Crippen LogP contribution in [0.4, 0.5) is 24.0 Å². The van der Waals surface area contributed by atoms with Crippen LogP contribution in [0.25, 0.3) is 0 Å². The number of alkyl halides is 1. The highest BCUT2D eigenvalue weighted by molar-refractivity contribution is 9.08. The number of rotatable bonds is 24. The summed E-state index contributed by atoms with van der Waals surface area (Å²) in [6, 6.07) is 46.4. The number of aliphatic imine (C=N–C) groups is 2. The zero-order valence-corrected chi connectivity index (χ0v) is 82.9. The summed E-state index contributed by atoms with van der Waals surface area (Å²) in [6.45, 7) is 29.5. The van der Waals surface area contributed by atoms with Gasteiger partial charge in [0.2, 0.25) is 19.8 Å². The number of nitrogens with two attached hydrogens (primary N) is 3. The smallest absolute Gasteiger partial charge is 0.469 e. The van der Waals surface area contributed by atoms with Crippen LogP contribution in [0.2, 0.25) is 6.82 Å². The van der Waals surface area contributed by atoms with Gasteiger partial charge in [-0.25, -0.2) is 33.3 Å². The molecule has 17 N–H and O–H groups in total. The number of benzene rings is 6. The summed E-state index contributed by atoms with van der Waals surface area (Å²) in [7, 11) is -0.293. The molecule has 6 aromatic rings. The number of nitriles is 1. The monoisotopic (exact) mass is 1980 g/mol. The first-order valence-corrected chi connectivity index (χ1v) is 47.2. The Bertz CT molecular complexity index is 4650. The van der Waals surface area contributed by atoms with E-state index in [9.17, 15) is 47.8 Å². The van der Waals surface area contributed by atoms with Gasteiger partial charge in [-0.15, -0.1) is 0 Å². The first kappa shape index (κ1) is 126. The highest BCUT2D eigenvalue weighted by Gasteiger charge is 2.24. The Kier molecular flexibility index (Phi) is 64.9. The lowest BCUT2D eigenvalue weighted by molar-refractivity contribution is -0.458. The number of hydrogen-bond donors (Lipinski definition) is 14. The molecule has 36 nitrogen and oxygen atoms in total. The van der Waals surface area contributed by atoms with Crippen molar-refractivity contribution in [3.63, 3.8) is 0 Å². The number of amidine groups is 1. The molecule has 43 heteroatoms. The van der Waals surface area contributed by atoms with Gasteiger partial charge in [-0.3, -0.25) is 66.5 Å². The summed E-state index contributed by atoms with van der Waals surface area (Å²) in [5.74, 6) is -1.31. The fraction of sp³-hybridized carbons (Fsp3) is 0.461. The summed E-state index contributed by atoms with van der Waals surface area (Å²) >= 11 is 4.52. The summed E-state index contributed by atoms with van der Waals surface area (Å²) in [5, 5.41) is 48.3. The van der Waals surface area contributed by atoms with Crippen LogP contribution >= 0.6 is 42.9 Å². The van der Waals surface area contributed by atoms with Gasteiger partial charge >= 0.3 is 57.1 Å². The molecule has 0 saturated carbocycles. The molecule has 0 aliphatic carbocycles. The predicted octanol–water partition coefficient (Wildman–Crippen LogP) is 8.73. The van der Waals surface area contributed by atoms with Gasteiger partial charge in [-0.05, 0) is 215 Å². The van der Waals surface area contributed by atoms with Gasteiger partial charge < -0.3 is 86.2 Å². The molecule has 0 atom stereocenters. The van der Waals surface area contributed by atoms with Crippen molar-refractivity contribution in [1.82, 2.24) is 26.6 Å². The number of guanidine groups is 3. The topological polar surface area (TPSA) is 551 Å². The van der Waals surface area contributed by atoms with Gasteiger partial charge in [0.15, 0.2) is 18.3 Å². The van der Waals surface area contributed by atoms with E-state index in [0.29, 0.717) is 67.2 Å². The minimum atomic E-state index is -4.43. The minimum absolute atomic E-state index is 0. The molecule has 1 heterocycles. The molecule has 5 amide bonds. The third-order valence-electron chi connectivity index (χ3n) is 15.0. The summed E-state index contributed by atoms with van der Waals surface area (Å²) in [4.78, 5) is 113. The molecule has 2 radical (unpaired) electrons. The number of thioether (sulfide) groups is 1. The molecule has 0 bridgehead atoms. The molecule has 1 fully saturated rings. The Morgan fingerprint density at radius 3 is 1.21 bits per heavy atom. The van der Waals surface area contributed by atoms with Crippen LogP contribution in [0, 0.1) is 11.3 Å². The van der Waals surface area contributed by atoms with Crippen molar-refractivity contribution in [2.24, 2.45) is 32.1 Å². The molecule has 1 aliphatic rings.